The molecule has 0 N–H and O–H groups in total. The highest BCUT2D eigenvalue weighted by atomic mass is 14.1. The van der Waals surface area contributed by atoms with Gasteiger partial charge in [-0.3, -0.25) is 0 Å². The Bertz CT molecular complexity index is 70.7. The molecular weight excluding hydrogens is 119 g/mol. The van der Waals surface area contributed by atoms with E-state index >= 15 is 0 Å². The largest absolute Gasteiger partial charge is 0.0774 e. The van der Waals surface area contributed by atoms with Crippen LogP contribution in [0.1, 0.15) is 45.4 Å². The third-order valence-electron chi connectivity index (χ3n) is 2.54. The molecule has 0 aromatic rings. The predicted octanol–water partition coefficient (Wildman–Crippen LogP) is 2.93. The summed E-state index contributed by atoms with van der Waals surface area (Å²) < 4.78 is 0. The molecule has 56 valence electrons. The number of hydrogen-bond acceptors (Lipinski definition) is 0. The standard InChI is InChI=1S/C9H17B/c1-8-4-2-6-9(10)7-3-5-8/h8-9H,2-7H2,1H3. The van der Waals surface area contributed by atoms with E-state index in [1.54, 1.807) is 0 Å². The Morgan fingerprint density at radius 1 is 1.00 bits per heavy atom. The molecule has 0 nitrogen and oxygen atoms in total. The molecule has 0 atom stereocenters. The summed E-state index contributed by atoms with van der Waals surface area (Å²) in [6.45, 7) is 2.36. The van der Waals surface area contributed by atoms with Gasteiger partial charge in [-0.2, -0.15) is 0 Å². The fourth-order valence-electron chi connectivity index (χ4n) is 1.75. The van der Waals surface area contributed by atoms with E-state index in [2.05, 4.69) is 6.92 Å². The van der Waals surface area contributed by atoms with Crippen molar-refractivity contribution < 1.29 is 0 Å². The summed E-state index contributed by atoms with van der Waals surface area (Å²) in [7, 11) is 5.85. The molecule has 10 heavy (non-hydrogen) atoms. The van der Waals surface area contributed by atoms with Crippen molar-refractivity contribution in [2.24, 2.45) is 5.92 Å². The van der Waals surface area contributed by atoms with E-state index in [0.29, 0.717) is 5.82 Å². The van der Waals surface area contributed by atoms with Crippen molar-refractivity contribution in [1.82, 2.24) is 0 Å². The van der Waals surface area contributed by atoms with Gasteiger partial charge in [0.25, 0.3) is 0 Å². The van der Waals surface area contributed by atoms with Gasteiger partial charge in [0.2, 0.25) is 0 Å². The molecule has 0 aliphatic heterocycles. The predicted molar refractivity (Wildman–Crippen MR) is 46.4 cm³/mol. The van der Waals surface area contributed by atoms with Crippen LogP contribution in [-0.4, -0.2) is 7.85 Å². The highest BCUT2D eigenvalue weighted by Gasteiger charge is 2.09. The molecule has 1 fully saturated rings. The van der Waals surface area contributed by atoms with Crippen LogP contribution in [0.3, 0.4) is 0 Å². The van der Waals surface area contributed by atoms with E-state index in [9.17, 15) is 0 Å². The Kier molecular flexibility index (Phi) is 3.31. The molecular formula is C9H17B. The summed E-state index contributed by atoms with van der Waals surface area (Å²) in [5.74, 6) is 1.46. The summed E-state index contributed by atoms with van der Waals surface area (Å²) in [6, 6.07) is 0. The smallest absolute Gasteiger partial charge is 0.0699 e. The highest BCUT2D eigenvalue weighted by molar-refractivity contribution is 6.11. The average Bonchev–Trinajstić information content (AvgIpc) is 1.84. The van der Waals surface area contributed by atoms with Crippen molar-refractivity contribution in [3.8, 4) is 0 Å². The third kappa shape index (κ3) is 2.77. The van der Waals surface area contributed by atoms with E-state index in [4.69, 9.17) is 7.85 Å². The minimum atomic E-state index is 0.507. The monoisotopic (exact) mass is 136 g/mol. The van der Waals surface area contributed by atoms with E-state index in [1.165, 1.54) is 38.5 Å². The van der Waals surface area contributed by atoms with Gasteiger partial charge in [0.1, 0.15) is 0 Å². The molecule has 2 radical (unpaired) electrons. The average molecular weight is 136 g/mol. The maximum absolute atomic E-state index is 5.85. The molecule has 1 aliphatic carbocycles. The molecule has 1 rings (SSSR count). The van der Waals surface area contributed by atoms with Gasteiger partial charge in [0.15, 0.2) is 0 Å². The van der Waals surface area contributed by atoms with Gasteiger partial charge in [-0.05, 0) is 5.92 Å². The fraction of sp³-hybridized carbons (Fsp3) is 1.00. The second-order valence-electron chi connectivity index (χ2n) is 3.73. The Balaban J connectivity index is 2.21. The number of hydrogen-bond donors (Lipinski definition) is 0. The van der Waals surface area contributed by atoms with E-state index in [0.717, 1.165) is 5.92 Å². The van der Waals surface area contributed by atoms with E-state index in [-0.39, 0.29) is 0 Å². The molecule has 0 bridgehead atoms. The Labute approximate surface area is 65.8 Å². The van der Waals surface area contributed by atoms with Gasteiger partial charge in [-0.25, -0.2) is 0 Å². The second-order valence-corrected chi connectivity index (χ2v) is 3.73. The van der Waals surface area contributed by atoms with Crippen LogP contribution in [0.5, 0.6) is 0 Å². The molecule has 1 saturated carbocycles. The van der Waals surface area contributed by atoms with Crippen LogP contribution in [0.25, 0.3) is 0 Å². The molecule has 0 spiro atoms. The SMILES string of the molecule is [B]C1CCCC(C)CCC1. The topological polar surface area (TPSA) is 0 Å². The van der Waals surface area contributed by atoms with E-state index in [1.807, 2.05) is 0 Å². The minimum Gasteiger partial charge on any atom is -0.0774 e. The van der Waals surface area contributed by atoms with Gasteiger partial charge in [-0.1, -0.05) is 51.3 Å². The van der Waals surface area contributed by atoms with Crippen LogP contribution in [0.15, 0.2) is 0 Å². The molecule has 0 aromatic carbocycles. The van der Waals surface area contributed by atoms with Gasteiger partial charge in [-0.15, -0.1) is 0 Å². The minimum absolute atomic E-state index is 0.507. The van der Waals surface area contributed by atoms with Crippen LogP contribution >= 0.6 is 0 Å². The highest BCUT2D eigenvalue weighted by Crippen LogP contribution is 2.26. The second kappa shape index (κ2) is 4.05. The third-order valence-corrected chi connectivity index (χ3v) is 2.54. The Hall–Kier alpha value is 0.0649. The fourth-order valence-corrected chi connectivity index (χ4v) is 1.75. The van der Waals surface area contributed by atoms with Crippen LogP contribution in [0.2, 0.25) is 5.82 Å². The van der Waals surface area contributed by atoms with Crippen LogP contribution in [0, 0.1) is 5.92 Å². The van der Waals surface area contributed by atoms with Gasteiger partial charge < -0.3 is 0 Å². The maximum Gasteiger partial charge on any atom is 0.0699 e. The first kappa shape index (κ1) is 8.16. The van der Waals surface area contributed by atoms with Crippen molar-refractivity contribution in [3.63, 3.8) is 0 Å². The zero-order valence-corrected chi connectivity index (χ0v) is 6.97. The summed E-state index contributed by atoms with van der Waals surface area (Å²) in [5, 5.41) is 0. The lowest BCUT2D eigenvalue weighted by Gasteiger charge is -2.19. The number of rotatable bonds is 0. The van der Waals surface area contributed by atoms with Crippen LogP contribution in [-0.2, 0) is 0 Å². The van der Waals surface area contributed by atoms with Crippen molar-refractivity contribution >= 4 is 7.85 Å². The normalized spacial score (nSPS) is 36.5. The Morgan fingerprint density at radius 3 is 2.00 bits per heavy atom. The first-order valence-electron chi connectivity index (χ1n) is 4.54. The van der Waals surface area contributed by atoms with Gasteiger partial charge in [0.05, 0.1) is 7.85 Å². The summed E-state index contributed by atoms with van der Waals surface area (Å²) >= 11 is 0. The lowest BCUT2D eigenvalue weighted by atomic mass is 9.76. The van der Waals surface area contributed by atoms with Crippen molar-refractivity contribution in [2.75, 3.05) is 0 Å². The van der Waals surface area contributed by atoms with Gasteiger partial charge in [0, 0.05) is 0 Å². The first-order valence-corrected chi connectivity index (χ1v) is 4.54. The molecule has 0 heterocycles. The summed E-state index contributed by atoms with van der Waals surface area (Å²) in [4.78, 5) is 0. The van der Waals surface area contributed by atoms with Crippen molar-refractivity contribution in [1.29, 1.82) is 0 Å². The molecule has 0 amide bonds. The molecule has 1 heteroatoms. The molecule has 0 saturated heterocycles. The maximum atomic E-state index is 5.85. The molecule has 1 aliphatic rings. The van der Waals surface area contributed by atoms with Gasteiger partial charge >= 0.3 is 0 Å². The lowest BCUT2D eigenvalue weighted by molar-refractivity contribution is 0.404. The van der Waals surface area contributed by atoms with Crippen molar-refractivity contribution in [3.05, 3.63) is 0 Å². The Morgan fingerprint density at radius 2 is 1.50 bits per heavy atom. The zero-order chi connectivity index (χ0) is 7.40. The quantitative estimate of drug-likeness (QED) is 0.449. The van der Waals surface area contributed by atoms with E-state index < -0.39 is 0 Å². The summed E-state index contributed by atoms with van der Waals surface area (Å²) in [6.07, 6.45) is 8.00. The van der Waals surface area contributed by atoms with Crippen LogP contribution in [0.4, 0.5) is 0 Å². The lowest BCUT2D eigenvalue weighted by Crippen LogP contribution is -2.03. The van der Waals surface area contributed by atoms with Crippen molar-refractivity contribution in [2.45, 2.75) is 51.3 Å². The zero-order valence-electron chi connectivity index (χ0n) is 6.97. The molecule has 0 aromatic heterocycles. The summed E-state index contributed by atoms with van der Waals surface area (Å²) in [5.41, 5.74) is 0. The first-order chi connectivity index (χ1) is 4.79. The molecule has 0 unspecified atom stereocenters. The van der Waals surface area contributed by atoms with Crippen LogP contribution < -0.4 is 0 Å².